The van der Waals surface area contributed by atoms with Crippen molar-refractivity contribution >= 4 is 43.2 Å². The highest BCUT2D eigenvalue weighted by atomic mass is 79.9. The van der Waals surface area contributed by atoms with Gasteiger partial charge in [-0.15, -0.1) is 0 Å². The highest BCUT2D eigenvalue weighted by molar-refractivity contribution is 9.10. The van der Waals surface area contributed by atoms with Gasteiger partial charge in [-0.3, -0.25) is 4.79 Å². The zero-order valence-electron chi connectivity index (χ0n) is 15.1. The molecule has 0 bridgehead atoms. The van der Waals surface area contributed by atoms with Gasteiger partial charge in [0.25, 0.3) is 5.91 Å². The van der Waals surface area contributed by atoms with Crippen LogP contribution in [0.3, 0.4) is 0 Å². The van der Waals surface area contributed by atoms with E-state index in [2.05, 4.69) is 31.1 Å². The molecule has 1 aromatic carbocycles. The van der Waals surface area contributed by atoms with Gasteiger partial charge >= 0.3 is 0 Å². The van der Waals surface area contributed by atoms with E-state index in [0.717, 1.165) is 36.7 Å². The first-order valence-electron chi connectivity index (χ1n) is 8.86. The molecule has 1 aromatic heterocycles. The molecule has 1 fully saturated rings. The van der Waals surface area contributed by atoms with E-state index in [1.165, 1.54) is 25.0 Å². The lowest BCUT2D eigenvalue weighted by molar-refractivity contribution is 0.102. The molecular weight excluding hydrogens is 430 g/mol. The van der Waals surface area contributed by atoms with Crippen LogP contribution in [0.5, 0.6) is 0 Å². The van der Waals surface area contributed by atoms with Crippen molar-refractivity contribution in [2.45, 2.75) is 30.6 Å². The van der Waals surface area contributed by atoms with Crippen molar-refractivity contribution in [3.05, 3.63) is 46.6 Å². The third-order valence-electron chi connectivity index (χ3n) is 4.50. The smallest absolute Gasteiger partial charge is 0.259 e. The van der Waals surface area contributed by atoms with Gasteiger partial charge in [0.2, 0.25) is 0 Å². The van der Waals surface area contributed by atoms with E-state index in [1.807, 2.05) is 0 Å². The molecule has 144 valence electrons. The maximum Gasteiger partial charge on any atom is 0.259 e. The molecule has 1 saturated heterocycles. The Hall–Kier alpha value is -1.93. The monoisotopic (exact) mass is 451 g/mol. The molecular formula is C19H22BrN3O3S. The maximum atomic E-state index is 12.9. The number of nitrogens with zero attached hydrogens (tertiary/aromatic N) is 2. The van der Waals surface area contributed by atoms with Crippen molar-refractivity contribution in [2.24, 2.45) is 0 Å². The van der Waals surface area contributed by atoms with Gasteiger partial charge in [0, 0.05) is 35.7 Å². The molecule has 0 radical (unpaired) electrons. The Bertz CT molecular complexity index is 939. The quantitative estimate of drug-likeness (QED) is 0.762. The minimum atomic E-state index is -3.34. The Balaban J connectivity index is 1.89. The van der Waals surface area contributed by atoms with Gasteiger partial charge in [0.15, 0.2) is 9.84 Å². The molecule has 2 heterocycles. The van der Waals surface area contributed by atoms with Crippen molar-refractivity contribution < 1.29 is 13.2 Å². The molecule has 1 amide bonds. The summed E-state index contributed by atoms with van der Waals surface area (Å²) in [4.78, 5) is 19.7. The van der Waals surface area contributed by atoms with Crippen LogP contribution >= 0.6 is 15.9 Å². The Morgan fingerprint density at radius 2 is 1.85 bits per heavy atom. The Labute approximate surface area is 168 Å². The lowest BCUT2D eigenvalue weighted by Crippen LogP contribution is -2.28. The average molecular weight is 452 g/mol. The van der Waals surface area contributed by atoms with Crippen LogP contribution in [0, 0.1) is 0 Å². The van der Waals surface area contributed by atoms with Crippen molar-refractivity contribution in [3.8, 4) is 0 Å². The van der Waals surface area contributed by atoms with E-state index in [1.54, 1.807) is 24.4 Å². The summed E-state index contributed by atoms with van der Waals surface area (Å²) >= 11 is 3.39. The summed E-state index contributed by atoms with van der Waals surface area (Å²) in [6, 6.07) is 8.01. The number of aromatic nitrogens is 1. The molecule has 3 rings (SSSR count). The number of rotatable bonds is 4. The van der Waals surface area contributed by atoms with Crippen LogP contribution in [0.25, 0.3) is 0 Å². The van der Waals surface area contributed by atoms with Crippen LogP contribution in [0.2, 0.25) is 0 Å². The Kier molecular flexibility index (Phi) is 6.16. The average Bonchev–Trinajstić information content (AvgIpc) is 2.90. The first-order valence-corrected chi connectivity index (χ1v) is 11.5. The van der Waals surface area contributed by atoms with Crippen molar-refractivity contribution in [1.82, 2.24) is 4.98 Å². The van der Waals surface area contributed by atoms with E-state index in [4.69, 9.17) is 0 Å². The molecule has 0 saturated carbocycles. The summed E-state index contributed by atoms with van der Waals surface area (Å²) in [5, 5.41) is 2.80. The summed E-state index contributed by atoms with van der Waals surface area (Å²) in [5.41, 5.74) is 0.903. The SMILES string of the molecule is CS(=O)(=O)c1cccc(NC(=O)c2cc(Br)cnc2N2CCCCCC2)c1. The first kappa shape index (κ1) is 19.8. The minimum Gasteiger partial charge on any atom is -0.356 e. The fourth-order valence-corrected chi connectivity index (χ4v) is 4.13. The van der Waals surface area contributed by atoms with E-state index in [-0.39, 0.29) is 10.8 Å². The first-order chi connectivity index (χ1) is 12.8. The van der Waals surface area contributed by atoms with Crippen LogP contribution in [0.1, 0.15) is 36.0 Å². The number of anilines is 2. The molecule has 1 aliphatic heterocycles. The lowest BCUT2D eigenvalue weighted by atomic mass is 10.2. The van der Waals surface area contributed by atoms with Gasteiger partial charge in [-0.05, 0) is 53.0 Å². The van der Waals surface area contributed by atoms with Gasteiger partial charge in [-0.1, -0.05) is 18.9 Å². The second kappa shape index (κ2) is 8.39. The van der Waals surface area contributed by atoms with Gasteiger partial charge in [0.1, 0.15) is 5.82 Å². The number of pyridine rings is 1. The Morgan fingerprint density at radius 3 is 2.52 bits per heavy atom. The molecule has 27 heavy (non-hydrogen) atoms. The van der Waals surface area contributed by atoms with Crippen LogP contribution in [0.4, 0.5) is 11.5 Å². The fraction of sp³-hybridized carbons (Fsp3) is 0.368. The van der Waals surface area contributed by atoms with Crippen LogP contribution in [0.15, 0.2) is 45.9 Å². The highest BCUT2D eigenvalue weighted by Crippen LogP contribution is 2.26. The molecule has 0 spiro atoms. The van der Waals surface area contributed by atoms with Crippen molar-refractivity contribution in [2.75, 3.05) is 29.6 Å². The third-order valence-corrected chi connectivity index (χ3v) is 6.05. The molecule has 0 unspecified atom stereocenters. The Morgan fingerprint density at radius 1 is 1.15 bits per heavy atom. The topological polar surface area (TPSA) is 79.4 Å². The van der Waals surface area contributed by atoms with Crippen LogP contribution < -0.4 is 10.2 Å². The minimum absolute atomic E-state index is 0.167. The third kappa shape index (κ3) is 5.07. The van der Waals surface area contributed by atoms with Gasteiger partial charge in [-0.25, -0.2) is 13.4 Å². The van der Waals surface area contributed by atoms with Gasteiger partial charge < -0.3 is 10.2 Å². The molecule has 8 heteroatoms. The molecule has 6 nitrogen and oxygen atoms in total. The standard InChI is InChI=1S/C19H22BrN3O3S/c1-27(25,26)16-8-6-7-15(12-16)22-19(24)17-11-14(20)13-21-18(17)23-9-4-2-3-5-10-23/h6-8,11-13H,2-5,9-10H2,1H3,(H,22,24). The van der Waals surface area contributed by atoms with E-state index < -0.39 is 9.84 Å². The number of benzene rings is 1. The summed E-state index contributed by atoms with van der Waals surface area (Å²) in [7, 11) is -3.34. The van der Waals surface area contributed by atoms with E-state index >= 15 is 0 Å². The van der Waals surface area contributed by atoms with Crippen molar-refractivity contribution in [3.63, 3.8) is 0 Å². The second-order valence-corrected chi connectivity index (χ2v) is 9.61. The fourth-order valence-electron chi connectivity index (χ4n) is 3.14. The number of hydrogen-bond donors (Lipinski definition) is 1. The second-order valence-electron chi connectivity index (χ2n) is 6.68. The normalized spacial score (nSPS) is 15.3. The lowest BCUT2D eigenvalue weighted by Gasteiger charge is -2.24. The van der Waals surface area contributed by atoms with Crippen LogP contribution in [-0.4, -0.2) is 38.7 Å². The zero-order chi connectivity index (χ0) is 19.4. The predicted molar refractivity (Wildman–Crippen MR) is 110 cm³/mol. The van der Waals surface area contributed by atoms with Gasteiger partial charge in [0.05, 0.1) is 10.5 Å². The number of halogens is 1. The summed E-state index contributed by atoms with van der Waals surface area (Å²) < 4.78 is 24.2. The molecule has 1 N–H and O–H groups in total. The molecule has 1 aliphatic rings. The maximum absolute atomic E-state index is 12.9. The summed E-state index contributed by atoms with van der Waals surface area (Å²) in [6.45, 7) is 1.75. The number of sulfone groups is 1. The number of nitrogens with one attached hydrogen (secondary N) is 1. The number of hydrogen-bond acceptors (Lipinski definition) is 5. The van der Waals surface area contributed by atoms with Gasteiger partial charge in [-0.2, -0.15) is 0 Å². The number of carbonyl (C=O) groups excluding carboxylic acids is 1. The van der Waals surface area contributed by atoms with E-state index in [0.29, 0.717) is 17.1 Å². The van der Waals surface area contributed by atoms with Crippen LogP contribution in [-0.2, 0) is 9.84 Å². The zero-order valence-corrected chi connectivity index (χ0v) is 17.5. The van der Waals surface area contributed by atoms with E-state index in [9.17, 15) is 13.2 Å². The summed E-state index contributed by atoms with van der Waals surface area (Å²) in [6.07, 6.45) is 7.37. The number of amides is 1. The summed E-state index contributed by atoms with van der Waals surface area (Å²) in [5.74, 6) is 0.352. The predicted octanol–water partition coefficient (Wildman–Crippen LogP) is 3.88. The molecule has 2 aromatic rings. The molecule has 0 aliphatic carbocycles. The highest BCUT2D eigenvalue weighted by Gasteiger charge is 2.20. The van der Waals surface area contributed by atoms with Crippen molar-refractivity contribution in [1.29, 1.82) is 0 Å². The molecule has 0 atom stereocenters. The number of carbonyl (C=O) groups is 1. The largest absolute Gasteiger partial charge is 0.356 e.